The molecular weight excluding hydrogens is 356 g/mol. The lowest BCUT2D eigenvalue weighted by Crippen LogP contribution is -2.36. The summed E-state index contributed by atoms with van der Waals surface area (Å²) in [6.45, 7) is 1.33. The number of rotatable bonds is 7. The molecule has 1 N–H and O–H groups in total. The number of nitrogens with zero attached hydrogens (tertiary/aromatic N) is 3. The molecule has 0 bridgehead atoms. The van der Waals surface area contributed by atoms with Crippen LogP contribution in [0.1, 0.15) is 18.4 Å². The molecule has 3 aromatic rings. The molecule has 3 heterocycles. The van der Waals surface area contributed by atoms with E-state index in [1.165, 1.54) is 10.9 Å². The fourth-order valence-electron chi connectivity index (χ4n) is 3.52. The Kier molecular flexibility index (Phi) is 5.55. The molecule has 1 aromatic carbocycles. The minimum absolute atomic E-state index is 0.0120. The number of nitrogens with one attached hydrogen (secondary N) is 1. The van der Waals surface area contributed by atoms with E-state index in [9.17, 15) is 9.59 Å². The predicted molar refractivity (Wildman–Crippen MR) is 105 cm³/mol. The standard InChI is InChI=1S/C21H22N4O3/c26-16(12-25-14-24-17-7-4-9-23-20(17)21(25)27)11-18-19(8-10-22-18)28-13-15-5-2-1-3-6-15/h1-7,9,14,18-19,22H,8,10-13H2/t18-,19+/m1/s1. The molecule has 0 spiro atoms. The maximum Gasteiger partial charge on any atom is 0.280 e. The predicted octanol–water partition coefficient (Wildman–Crippen LogP) is 1.70. The van der Waals surface area contributed by atoms with E-state index in [2.05, 4.69) is 15.3 Å². The van der Waals surface area contributed by atoms with Crippen LogP contribution in [0.4, 0.5) is 0 Å². The lowest BCUT2D eigenvalue weighted by atomic mass is 10.1. The molecule has 7 heteroatoms. The quantitative estimate of drug-likeness (QED) is 0.673. The summed E-state index contributed by atoms with van der Waals surface area (Å²) in [5, 5.41) is 3.34. The number of fused-ring (bicyclic) bond motifs is 1. The van der Waals surface area contributed by atoms with Gasteiger partial charge in [0.05, 0.1) is 31.1 Å². The molecule has 1 aliphatic rings. The van der Waals surface area contributed by atoms with Crippen LogP contribution < -0.4 is 10.9 Å². The molecule has 2 atom stereocenters. The highest BCUT2D eigenvalue weighted by Gasteiger charge is 2.29. The molecule has 0 saturated carbocycles. The van der Waals surface area contributed by atoms with E-state index in [4.69, 9.17) is 4.74 Å². The fraction of sp³-hybridized carbons (Fsp3) is 0.333. The first kappa shape index (κ1) is 18.5. The average molecular weight is 378 g/mol. The molecule has 1 saturated heterocycles. The van der Waals surface area contributed by atoms with Crippen molar-refractivity contribution in [3.63, 3.8) is 0 Å². The number of hydrogen-bond acceptors (Lipinski definition) is 6. The Morgan fingerprint density at radius 2 is 2.04 bits per heavy atom. The van der Waals surface area contributed by atoms with E-state index < -0.39 is 0 Å². The second kappa shape index (κ2) is 8.41. The summed E-state index contributed by atoms with van der Waals surface area (Å²) in [6, 6.07) is 13.4. The highest BCUT2D eigenvalue weighted by atomic mass is 16.5. The van der Waals surface area contributed by atoms with E-state index in [1.54, 1.807) is 18.3 Å². The van der Waals surface area contributed by atoms with Crippen molar-refractivity contribution in [3.8, 4) is 0 Å². The van der Waals surface area contributed by atoms with E-state index in [0.29, 0.717) is 18.5 Å². The SMILES string of the molecule is O=C(C[C@H]1NCC[C@@H]1OCc1ccccc1)Cn1cnc2cccnc2c1=O. The van der Waals surface area contributed by atoms with Crippen molar-refractivity contribution in [2.75, 3.05) is 6.54 Å². The normalized spacial score (nSPS) is 19.1. The van der Waals surface area contributed by atoms with Crippen LogP contribution in [0, 0.1) is 0 Å². The first-order valence-corrected chi connectivity index (χ1v) is 9.41. The molecular formula is C21H22N4O3. The van der Waals surface area contributed by atoms with E-state index in [0.717, 1.165) is 18.5 Å². The van der Waals surface area contributed by atoms with Crippen LogP contribution in [-0.2, 0) is 22.7 Å². The van der Waals surface area contributed by atoms with E-state index in [1.807, 2.05) is 30.3 Å². The molecule has 0 amide bonds. The smallest absolute Gasteiger partial charge is 0.280 e. The van der Waals surface area contributed by atoms with Gasteiger partial charge in [-0.1, -0.05) is 30.3 Å². The van der Waals surface area contributed by atoms with Crippen molar-refractivity contribution in [1.29, 1.82) is 0 Å². The van der Waals surface area contributed by atoms with Gasteiger partial charge in [-0.15, -0.1) is 0 Å². The number of aromatic nitrogens is 3. The highest BCUT2D eigenvalue weighted by Crippen LogP contribution is 2.17. The lowest BCUT2D eigenvalue weighted by Gasteiger charge is -2.20. The molecule has 2 aromatic heterocycles. The molecule has 4 rings (SSSR count). The Balaban J connectivity index is 1.38. The van der Waals surface area contributed by atoms with Gasteiger partial charge in [0.2, 0.25) is 0 Å². The third kappa shape index (κ3) is 4.16. The maximum absolute atomic E-state index is 12.6. The lowest BCUT2D eigenvalue weighted by molar-refractivity contribution is -0.120. The van der Waals surface area contributed by atoms with Crippen molar-refractivity contribution in [3.05, 3.63) is 70.9 Å². The van der Waals surface area contributed by atoms with Crippen molar-refractivity contribution in [2.24, 2.45) is 0 Å². The fourth-order valence-corrected chi connectivity index (χ4v) is 3.52. The van der Waals surface area contributed by atoms with Crippen LogP contribution in [-0.4, -0.2) is 39.0 Å². The van der Waals surface area contributed by atoms with Crippen molar-refractivity contribution in [1.82, 2.24) is 19.9 Å². The van der Waals surface area contributed by atoms with Gasteiger partial charge in [-0.05, 0) is 30.7 Å². The van der Waals surface area contributed by atoms with Gasteiger partial charge in [0, 0.05) is 18.7 Å². The van der Waals surface area contributed by atoms with Crippen LogP contribution in [0.2, 0.25) is 0 Å². The Morgan fingerprint density at radius 1 is 1.18 bits per heavy atom. The van der Waals surface area contributed by atoms with Crippen molar-refractivity contribution in [2.45, 2.75) is 38.1 Å². The topological polar surface area (TPSA) is 86.1 Å². The second-order valence-corrected chi connectivity index (χ2v) is 6.98. The summed E-state index contributed by atoms with van der Waals surface area (Å²) in [6.07, 6.45) is 4.13. The maximum atomic E-state index is 12.6. The zero-order valence-corrected chi connectivity index (χ0v) is 15.5. The Bertz CT molecular complexity index is 1020. The van der Waals surface area contributed by atoms with Gasteiger partial charge in [0.1, 0.15) is 0 Å². The van der Waals surface area contributed by atoms with Crippen molar-refractivity contribution >= 4 is 16.8 Å². The van der Waals surface area contributed by atoms with Gasteiger partial charge in [0.25, 0.3) is 5.56 Å². The number of carbonyl (C=O) groups is 1. The number of Topliss-reactive ketones (excluding diaryl/α,β-unsaturated/α-hetero) is 1. The molecule has 7 nitrogen and oxygen atoms in total. The van der Waals surface area contributed by atoms with Gasteiger partial charge >= 0.3 is 0 Å². The van der Waals surface area contributed by atoms with E-state index >= 15 is 0 Å². The molecule has 0 radical (unpaired) electrons. The summed E-state index contributed by atoms with van der Waals surface area (Å²) in [5.41, 5.74) is 1.62. The van der Waals surface area contributed by atoms with Gasteiger partial charge in [0.15, 0.2) is 11.3 Å². The Labute approximate surface area is 162 Å². The number of ether oxygens (including phenoxy) is 1. The monoisotopic (exact) mass is 378 g/mol. The number of benzene rings is 1. The first-order valence-electron chi connectivity index (χ1n) is 9.41. The van der Waals surface area contributed by atoms with Crippen LogP contribution >= 0.6 is 0 Å². The minimum atomic E-state index is -0.296. The third-order valence-electron chi connectivity index (χ3n) is 4.97. The summed E-state index contributed by atoms with van der Waals surface area (Å²) < 4.78 is 7.35. The molecule has 0 aliphatic carbocycles. The van der Waals surface area contributed by atoms with Crippen molar-refractivity contribution < 1.29 is 9.53 Å². The van der Waals surface area contributed by atoms with E-state index in [-0.39, 0.29) is 35.5 Å². The number of ketones is 1. The number of pyridine rings is 1. The van der Waals surface area contributed by atoms with Crippen LogP contribution in [0.3, 0.4) is 0 Å². The summed E-state index contributed by atoms with van der Waals surface area (Å²) in [4.78, 5) is 33.4. The Hall–Kier alpha value is -2.90. The molecule has 1 aliphatic heterocycles. The number of carbonyl (C=O) groups excluding carboxylic acids is 1. The zero-order chi connectivity index (χ0) is 19.3. The first-order chi connectivity index (χ1) is 13.7. The largest absolute Gasteiger partial charge is 0.372 e. The van der Waals surface area contributed by atoms with Crippen LogP contribution in [0.25, 0.3) is 11.0 Å². The van der Waals surface area contributed by atoms with Crippen LogP contribution in [0.15, 0.2) is 59.8 Å². The van der Waals surface area contributed by atoms with Gasteiger partial charge in [-0.3, -0.25) is 14.2 Å². The molecule has 1 fully saturated rings. The van der Waals surface area contributed by atoms with Crippen LogP contribution in [0.5, 0.6) is 0 Å². The van der Waals surface area contributed by atoms with Gasteiger partial charge in [-0.2, -0.15) is 0 Å². The zero-order valence-electron chi connectivity index (χ0n) is 15.5. The Morgan fingerprint density at radius 3 is 2.89 bits per heavy atom. The average Bonchev–Trinajstić information content (AvgIpc) is 3.16. The van der Waals surface area contributed by atoms with Gasteiger partial charge < -0.3 is 10.1 Å². The molecule has 144 valence electrons. The second-order valence-electron chi connectivity index (χ2n) is 6.98. The molecule has 0 unspecified atom stereocenters. The minimum Gasteiger partial charge on any atom is -0.372 e. The summed E-state index contributed by atoms with van der Waals surface area (Å²) in [5.74, 6) is -0.0353. The summed E-state index contributed by atoms with van der Waals surface area (Å²) >= 11 is 0. The van der Waals surface area contributed by atoms with Gasteiger partial charge in [-0.25, -0.2) is 9.97 Å². The highest BCUT2D eigenvalue weighted by molar-refractivity contribution is 5.79. The number of hydrogen-bond donors (Lipinski definition) is 1. The summed E-state index contributed by atoms with van der Waals surface area (Å²) in [7, 11) is 0. The molecule has 28 heavy (non-hydrogen) atoms. The third-order valence-corrected chi connectivity index (χ3v) is 4.97.